The van der Waals surface area contributed by atoms with Crippen LogP contribution in [0.15, 0.2) is 16.7 Å². The maximum atomic E-state index is 10.9. The van der Waals surface area contributed by atoms with Gasteiger partial charge in [-0.3, -0.25) is 0 Å². The quantitative estimate of drug-likeness (QED) is 0.784. The number of ether oxygens (including phenoxy) is 1. The summed E-state index contributed by atoms with van der Waals surface area (Å²) in [6.45, 7) is 1.26. The van der Waals surface area contributed by atoms with Crippen LogP contribution in [0.1, 0.15) is 16.8 Å². The first-order valence-electron chi connectivity index (χ1n) is 4.77. The fourth-order valence-electron chi connectivity index (χ4n) is 1.17. The van der Waals surface area contributed by atoms with Crippen LogP contribution in [0.25, 0.3) is 0 Å². The van der Waals surface area contributed by atoms with Crippen molar-refractivity contribution >= 4 is 27.7 Å². The van der Waals surface area contributed by atoms with Crippen LogP contribution in [-0.4, -0.2) is 36.3 Å². The van der Waals surface area contributed by atoms with Gasteiger partial charge in [-0.05, 0) is 28.4 Å². The second-order valence-electron chi connectivity index (χ2n) is 3.13. The third-order valence-electron chi connectivity index (χ3n) is 1.90. The molecular weight excluding hydrogens is 276 g/mol. The summed E-state index contributed by atoms with van der Waals surface area (Å²) in [5.74, 6) is -0.616. The van der Waals surface area contributed by atoms with E-state index in [0.717, 1.165) is 6.42 Å². The molecule has 0 saturated heterocycles. The molecule has 6 heteroatoms. The first-order chi connectivity index (χ1) is 7.65. The topological polar surface area (TPSA) is 71.5 Å². The Morgan fingerprint density at radius 3 is 3.06 bits per heavy atom. The molecule has 0 amide bonds. The highest BCUT2D eigenvalue weighted by atomic mass is 79.9. The number of rotatable bonds is 6. The van der Waals surface area contributed by atoms with Crippen LogP contribution in [0.4, 0.5) is 5.82 Å². The smallest absolute Gasteiger partial charge is 0.339 e. The summed E-state index contributed by atoms with van der Waals surface area (Å²) in [6, 6.07) is 1.52. The van der Waals surface area contributed by atoms with Crippen molar-refractivity contribution in [1.82, 2.24) is 4.98 Å². The second kappa shape index (κ2) is 6.44. The van der Waals surface area contributed by atoms with E-state index in [4.69, 9.17) is 9.84 Å². The Morgan fingerprint density at radius 2 is 2.44 bits per heavy atom. The van der Waals surface area contributed by atoms with E-state index >= 15 is 0 Å². The van der Waals surface area contributed by atoms with Crippen molar-refractivity contribution in [1.29, 1.82) is 0 Å². The van der Waals surface area contributed by atoms with Crippen LogP contribution in [0.5, 0.6) is 0 Å². The molecule has 1 aromatic heterocycles. The van der Waals surface area contributed by atoms with Crippen LogP contribution in [-0.2, 0) is 4.74 Å². The maximum Gasteiger partial charge on any atom is 0.339 e. The van der Waals surface area contributed by atoms with E-state index in [1.165, 1.54) is 6.07 Å². The molecule has 5 nitrogen and oxygen atoms in total. The van der Waals surface area contributed by atoms with Gasteiger partial charge in [0.05, 0.1) is 0 Å². The molecule has 0 bridgehead atoms. The molecule has 2 N–H and O–H groups in total. The number of halogens is 1. The third kappa shape index (κ3) is 3.79. The molecule has 0 aromatic carbocycles. The number of aromatic nitrogens is 1. The van der Waals surface area contributed by atoms with Crippen LogP contribution >= 0.6 is 15.9 Å². The van der Waals surface area contributed by atoms with Crippen LogP contribution < -0.4 is 5.32 Å². The molecule has 0 unspecified atom stereocenters. The lowest BCUT2D eigenvalue weighted by atomic mass is 10.2. The van der Waals surface area contributed by atoms with E-state index in [0.29, 0.717) is 23.4 Å². The van der Waals surface area contributed by atoms with Gasteiger partial charge in [0.25, 0.3) is 0 Å². The average molecular weight is 289 g/mol. The van der Waals surface area contributed by atoms with Crippen LogP contribution in [0.2, 0.25) is 0 Å². The molecule has 16 heavy (non-hydrogen) atoms. The SMILES string of the molecule is COCCCNc1ncc(Br)cc1C(=O)O. The number of nitrogens with zero attached hydrogens (tertiary/aromatic N) is 1. The van der Waals surface area contributed by atoms with Crippen molar-refractivity contribution in [2.45, 2.75) is 6.42 Å². The zero-order chi connectivity index (χ0) is 12.0. The Kier molecular flexibility index (Phi) is 5.21. The van der Waals surface area contributed by atoms with E-state index < -0.39 is 5.97 Å². The van der Waals surface area contributed by atoms with E-state index in [9.17, 15) is 4.79 Å². The standard InChI is InChI=1S/C10H13BrN2O3/c1-16-4-2-3-12-9-8(10(14)15)5-7(11)6-13-9/h5-6H,2-4H2,1H3,(H,12,13)(H,14,15). The first kappa shape index (κ1) is 12.9. The monoisotopic (exact) mass is 288 g/mol. The van der Waals surface area contributed by atoms with Crippen molar-refractivity contribution in [3.63, 3.8) is 0 Å². The zero-order valence-electron chi connectivity index (χ0n) is 8.86. The summed E-state index contributed by atoms with van der Waals surface area (Å²) in [4.78, 5) is 15.0. The molecule has 1 aromatic rings. The van der Waals surface area contributed by atoms with Gasteiger partial charge in [0.15, 0.2) is 0 Å². The van der Waals surface area contributed by atoms with E-state index in [-0.39, 0.29) is 5.56 Å². The average Bonchev–Trinajstić information content (AvgIpc) is 2.26. The summed E-state index contributed by atoms with van der Waals surface area (Å²) in [6.07, 6.45) is 2.36. The van der Waals surface area contributed by atoms with Crippen molar-refractivity contribution in [3.05, 3.63) is 22.3 Å². The minimum Gasteiger partial charge on any atom is -0.478 e. The van der Waals surface area contributed by atoms with Crippen molar-refractivity contribution in [3.8, 4) is 0 Å². The lowest BCUT2D eigenvalue weighted by molar-refractivity contribution is 0.0697. The molecule has 88 valence electrons. The number of pyridine rings is 1. The van der Waals surface area contributed by atoms with Crippen LogP contribution in [0.3, 0.4) is 0 Å². The largest absolute Gasteiger partial charge is 0.478 e. The normalized spacial score (nSPS) is 10.1. The molecule has 0 spiro atoms. The minimum atomic E-state index is -0.997. The van der Waals surface area contributed by atoms with Gasteiger partial charge in [0.2, 0.25) is 0 Å². The Hall–Kier alpha value is -1.14. The molecule has 1 rings (SSSR count). The van der Waals surface area contributed by atoms with Gasteiger partial charge >= 0.3 is 5.97 Å². The molecule has 0 fully saturated rings. The number of hydrogen-bond acceptors (Lipinski definition) is 4. The van der Waals surface area contributed by atoms with E-state index in [1.54, 1.807) is 13.3 Å². The maximum absolute atomic E-state index is 10.9. The lowest BCUT2D eigenvalue weighted by Gasteiger charge is -2.08. The summed E-state index contributed by atoms with van der Waals surface area (Å²) in [5.41, 5.74) is 0.159. The molecule has 0 aliphatic rings. The predicted molar refractivity (Wildman–Crippen MR) is 63.9 cm³/mol. The summed E-state index contributed by atoms with van der Waals surface area (Å²) in [5, 5.41) is 11.9. The Morgan fingerprint density at radius 1 is 1.69 bits per heavy atom. The minimum absolute atomic E-state index is 0.159. The highest BCUT2D eigenvalue weighted by molar-refractivity contribution is 9.10. The Labute approximate surface area is 102 Å². The molecule has 0 aliphatic heterocycles. The number of aromatic carboxylic acids is 1. The van der Waals surface area contributed by atoms with E-state index in [2.05, 4.69) is 26.2 Å². The molecule has 0 radical (unpaired) electrons. The molecule has 0 aliphatic carbocycles. The lowest BCUT2D eigenvalue weighted by Crippen LogP contribution is -2.10. The van der Waals surface area contributed by atoms with Gasteiger partial charge in [-0.1, -0.05) is 0 Å². The fraction of sp³-hybridized carbons (Fsp3) is 0.400. The van der Waals surface area contributed by atoms with Crippen molar-refractivity contribution < 1.29 is 14.6 Å². The molecule has 1 heterocycles. The summed E-state index contributed by atoms with van der Waals surface area (Å²) >= 11 is 3.18. The highest BCUT2D eigenvalue weighted by Gasteiger charge is 2.11. The number of methoxy groups -OCH3 is 1. The molecular formula is C10H13BrN2O3. The third-order valence-corrected chi connectivity index (χ3v) is 2.34. The van der Waals surface area contributed by atoms with Gasteiger partial charge in [0, 0.05) is 30.9 Å². The fourth-order valence-corrected chi connectivity index (χ4v) is 1.50. The number of nitrogens with one attached hydrogen (secondary N) is 1. The Balaban J connectivity index is 2.67. The highest BCUT2D eigenvalue weighted by Crippen LogP contribution is 2.17. The summed E-state index contributed by atoms with van der Waals surface area (Å²) < 4.78 is 5.54. The van der Waals surface area contributed by atoms with Gasteiger partial charge < -0.3 is 15.2 Å². The molecule has 0 atom stereocenters. The number of carboxylic acid groups (broad SMARTS) is 1. The number of carbonyl (C=O) groups is 1. The Bertz CT molecular complexity index is 371. The first-order valence-corrected chi connectivity index (χ1v) is 5.56. The zero-order valence-corrected chi connectivity index (χ0v) is 10.5. The van der Waals surface area contributed by atoms with E-state index in [1.807, 2.05) is 0 Å². The van der Waals surface area contributed by atoms with Gasteiger partial charge in [-0.25, -0.2) is 9.78 Å². The van der Waals surface area contributed by atoms with Crippen molar-refractivity contribution in [2.24, 2.45) is 0 Å². The molecule has 0 saturated carbocycles. The number of anilines is 1. The predicted octanol–water partition coefficient (Wildman–Crippen LogP) is 1.99. The second-order valence-corrected chi connectivity index (χ2v) is 4.04. The van der Waals surface area contributed by atoms with Gasteiger partial charge in [-0.15, -0.1) is 0 Å². The number of carboxylic acids is 1. The van der Waals surface area contributed by atoms with Gasteiger partial charge in [-0.2, -0.15) is 0 Å². The number of hydrogen-bond donors (Lipinski definition) is 2. The van der Waals surface area contributed by atoms with Crippen LogP contribution in [0, 0.1) is 0 Å². The summed E-state index contributed by atoms with van der Waals surface area (Å²) in [7, 11) is 1.63. The van der Waals surface area contributed by atoms with Crippen molar-refractivity contribution in [2.75, 3.05) is 25.6 Å². The van der Waals surface area contributed by atoms with Gasteiger partial charge in [0.1, 0.15) is 11.4 Å².